The van der Waals surface area contributed by atoms with Crippen molar-refractivity contribution in [2.45, 2.75) is 13.3 Å². The fourth-order valence-corrected chi connectivity index (χ4v) is 2.22. The molecule has 0 aromatic heterocycles. The van der Waals surface area contributed by atoms with Crippen LogP contribution in [0.2, 0.25) is 0 Å². The van der Waals surface area contributed by atoms with Gasteiger partial charge in [-0.3, -0.25) is 25.2 Å². The van der Waals surface area contributed by atoms with Crippen molar-refractivity contribution in [3.05, 3.63) is 0 Å². The fraction of sp³-hybridized carbons (Fsp3) is 0.727. The molecule has 3 amide bonds. The first-order valence-electron chi connectivity index (χ1n) is 6.21. The molecule has 0 spiro atoms. The van der Waals surface area contributed by atoms with Crippen molar-refractivity contribution in [2.75, 3.05) is 32.7 Å². The van der Waals surface area contributed by atoms with Gasteiger partial charge in [-0.15, -0.1) is 0 Å². The highest BCUT2D eigenvalue weighted by Gasteiger charge is 2.36. The summed E-state index contributed by atoms with van der Waals surface area (Å²) < 4.78 is 0. The van der Waals surface area contributed by atoms with Crippen LogP contribution >= 0.6 is 0 Å². The van der Waals surface area contributed by atoms with E-state index in [1.807, 2.05) is 0 Å². The minimum atomic E-state index is -0.873. The van der Waals surface area contributed by atoms with Crippen molar-refractivity contribution in [1.82, 2.24) is 20.7 Å². The van der Waals surface area contributed by atoms with Crippen LogP contribution in [0.25, 0.3) is 0 Å². The first kappa shape index (κ1) is 12.8. The molecule has 0 unspecified atom stereocenters. The van der Waals surface area contributed by atoms with E-state index < -0.39 is 17.7 Å². The number of nitrogens with zero attached hydrogens (tertiary/aromatic N) is 2. The maximum absolute atomic E-state index is 12.0. The molecular weight excluding hydrogens is 236 g/mol. The average molecular weight is 254 g/mol. The molecule has 2 aliphatic rings. The molecule has 2 aliphatic heterocycles. The maximum atomic E-state index is 12.0. The molecule has 0 aromatic rings. The number of hydrogen-bond donors (Lipinski definition) is 2. The van der Waals surface area contributed by atoms with Gasteiger partial charge >= 0.3 is 0 Å². The van der Waals surface area contributed by atoms with Gasteiger partial charge in [0.2, 0.25) is 5.91 Å². The SMILES string of the molecule is CCN1CCN(C(=O)CC2C(=O)NNC2=O)CC1. The lowest BCUT2D eigenvalue weighted by atomic mass is 10.0. The molecule has 2 N–H and O–H groups in total. The lowest BCUT2D eigenvalue weighted by Crippen LogP contribution is -2.49. The molecule has 7 heteroatoms. The monoisotopic (exact) mass is 254 g/mol. The Hall–Kier alpha value is -1.63. The standard InChI is InChI=1S/C11H18N4O3/c1-2-14-3-5-15(6-4-14)9(16)7-8-10(17)12-13-11(8)18/h8H,2-7H2,1H3,(H,12,17)(H,13,18). The summed E-state index contributed by atoms with van der Waals surface area (Å²) in [5.41, 5.74) is 4.45. The molecular formula is C11H18N4O3. The molecule has 0 bridgehead atoms. The van der Waals surface area contributed by atoms with Crippen LogP contribution in [-0.4, -0.2) is 60.2 Å². The lowest BCUT2D eigenvalue weighted by Gasteiger charge is -2.34. The van der Waals surface area contributed by atoms with E-state index in [1.165, 1.54) is 0 Å². The Kier molecular flexibility index (Phi) is 3.81. The number of hydrazine groups is 1. The summed E-state index contributed by atoms with van der Waals surface area (Å²) in [5.74, 6) is -1.83. The third-order valence-electron chi connectivity index (χ3n) is 3.49. The van der Waals surface area contributed by atoms with E-state index in [-0.39, 0.29) is 12.3 Å². The number of nitrogens with one attached hydrogen (secondary N) is 2. The zero-order valence-electron chi connectivity index (χ0n) is 10.4. The molecule has 18 heavy (non-hydrogen) atoms. The molecule has 100 valence electrons. The molecule has 0 saturated carbocycles. The number of carbonyl (C=O) groups is 3. The van der Waals surface area contributed by atoms with Crippen molar-refractivity contribution in [1.29, 1.82) is 0 Å². The number of likely N-dealkylation sites (N-methyl/N-ethyl adjacent to an activating group) is 1. The zero-order chi connectivity index (χ0) is 13.1. The zero-order valence-corrected chi connectivity index (χ0v) is 10.4. The van der Waals surface area contributed by atoms with Gasteiger partial charge in [-0.05, 0) is 6.54 Å². The normalized spacial score (nSPS) is 21.9. The van der Waals surface area contributed by atoms with Gasteiger partial charge < -0.3 is 9.80 Å². The van der Waals surface area contributed by atoms with Gasteiger partial charge in [0.1, 0.15) is 5.92 Å². The summed E-state index contributed by atoms with van der Waals surface area (Å²) >= 11 is 0. The quantitative estimate of drug-likeness (QED) is 0.589. The Morgan fingerprint density at radius 2 is 1.72 bits per heavy atom. The maximum Gasteiger partial charge on any atom is 0.251 e. The number of carbonyl (C=O) groups excluding carboxylic acids is 3. The summed E-state index contributed by atoms with van der Waals surface area (Å²) in [6.07, 6.45) is -0.0379. The number of amides is 3. The van der Waals surface area contributed by atoms with Crippen LogP contribution in [0.15, 0.2) is 0 Å². The minimum Gasteiger partial charge on any atom is -0.340 e. The van der Waals surface area contributed by atoms with E-state index in [2.05, 4.69) is 22.7 Å². The van der Waals surface area contributed by atoms with Crippen molar-refractivity contribution < 1.29 is 14.4 Å². The van der Waals surface area contributed by atoms with Crippen LogP contribution in [0.4, 0.5) is 0 Å². The van der Waals surface area contributed by atoms with E-state index in [0.717, 1.165) is 19.6 Å². The Bertz CT molecular complexity index is 347. The molecule has 0 radical (unpaired) electrons. The van der Waals surface area contributed by atoms with Crippen molar-refractivity contribution in [3.63, 3.8) is 0 Å². The summed E-state index contributed by atoms with van der Waals surface area (Å²) in [6, 6.07) is 0. The van der Waals surface area contributed by atoms with Gasteiger partial charge in [0.15, 0.2) is 0 Å². The summed E-state index contributed by atoms with van der Waals surface area (Å²) in [5, 5.41) is 0. The molecule has 2 fully saturated rings. The Labute approximate surface area is 105 Å². The van der Waals surface area contributed by atoms with Crippen LogP contribution in [-0.2, 0) is 14.4 Å². The van der Waals surface area contributed by atoms with E-state index in [0.29, 0.717) is 13.1 Å². The van der Waals surface area contributed by atoms with Crippen LogP contribution in [0, 0.1) is 5.92 Å². The molecule has 2 heterocycles. The van der Waals surface area contributed by atoms with Gasteiger partial charge in [0.05, 0.1) is 0 Å². The van der Waals surface area contributed by atoms with E-state index in [1.54, 1.807) is 4.90 Å². The lowest BCUT2D eigenvalue weighted by molar-refractivity contribution is -0.139. The number of rotatable bonds is 3. The molecule has 2 saturated heterocycles. The topological polar surface area (TPSA) is 81.8 Å². The van der Waals surface area contributed by atoms with Crippen molar-refractivity contribution in [2.24, 2.45) is 5.92 Å². The molecule has 2 rings (SSSR count). The summed E-state index contributed by atoms with van der Waals surface area (Å²) in [6.45, 7) is 6.11. The third-order valence-corrected chi connectivity index (χ3v) is 3.49. The first-order chi connectivity index (χ1) is 8.61. The van der Waals surface area contributed by atoms with Crippen LogP contribution in [0.3, 0.4) is 0 Å². The highest BCUT2D eigenvalue weighted by Crippen LogP contribution is 2.12. The van der Waals surface area contributed by atoms with Crippen LogP contribution < -0.4 is 10.9 Å². The molecule has 0 aromatic carbocycles. The van der Waals surface area contributed by atoms with Crippen molar-refractivity contribution >= 4 is 17.7 Å². The predicted molar refractivity (Wildman–Crippen MR) is 63.1 cm³/mol. The molecule has 0 atom stereocenters. The molecule has 0 aliphatic carbocycles. The second-order valence-corrected chi connectivity index (χ2v) is 4.55. The van der Waals surface area contributed by atoms with Gasteiger partial charge in [-0.1, -0.05) is 6.92 Å². The predicted octanol–water partition coefficient (Wildman–Crippen LogP) is -1.68. The third kappa shape index (κ3) is 2.61. The average Bonchev–Trinajstić information content (AvgIpc) is 2.70. The Morgan fingerprint density at radius 1 is 1.17 bits per heavy atom. The Morgan fingerprint density at radius 3 is 2.22 bits per heavy atom. The van der Waals surface area contributed by atoms with Crippen molar-refractivity contribution in [3.8, 4) is 0 Å². The minimum absolute atomic E-state index is 0.0379. The highest BCUT2D eigenvalue weighted by atomic mass is 16.2. The fourth-order valence-electron chi connectivity index (χ4n) is 2.22. The number of hydrogen-bond acceptors (Lipinski definition) is 4. The Balaban J connectivity index is 1.85. The summed E-state index contributed by atoms with van der Waals surface area (Å²) in [4.78, 5) is 38.6. The van der Waals surface area contributed by atoms with E-state index >= 15 is 0 Å². The highest BCUT2D eigenvalue weighted by molar-refractivity contribution is 6.07. The molecule has 7 nitrogen and oxygen atoms in total. The largest absolute Gasteiger partial charge is 0.340 e. The first-order valence-corrected chi connectivity index (χ1v) is 6.21. The van der Waals surface area contributed by atoms with Gasteiger partial charge in [-0.25, -0.2) is 0 Å². The van der Waals surface area contributed by atoms with Crippen LogP contribution in [0.1, 0.15) is 13.3 Å². The summed E-state index contributed by atoms with van der Waals surface area (Å²) in [7, 11) is 0. The van der Waals surface area contributed by atoms with Crippen LogP contribution in [0.5, 0.6) is 0 Å². The van der Waals surface area contributed by atoms with E-state index in [4.69, 9.17) is 0 Å². The van der Waals surface area contributed by atoms with Gasteiger partial charge in [0.25, 0.3) is 11.8 Å². The second kappa shape index (κ2) is 5.34. The smallest absolute Gasteiger partial charge is 0.251 e. The van der Waals surface area contributed by atoms with E-state index in [9.17, 15) is 14.4 Å². The van der Waals surface area contributed by atoms with Gasteiger partial charge in [0, 0.05) is 32.6 Å². The van der Waals surface area contributed by atoms with Gasteiger partial charge in [-0.2, -0.15) is 0 Å². The second-order valence-electron chi connectivity index (χ2n) is 4.55. The number of piperazine rings is 1.